The van der Waals surface area contributed by atoms with Crippen LogP contribution in [0, 0.1) is 0 Å². The van der Waals surface area contributed by atoms with Crippen molar-refractivity contribution in [1.29, 1.82) is 0 Å². The van der Waals surface area contributed by atoms with E-state index in [9.17, 15) is 4.79 Å². The Hall–Kier alpha value is -1.66. The highest BCUT2D eigenvalue weighted by atomic mass is 35.5. The van der Waals surface area contributed by atoms with Crippen molar-refractivity contribution < 1.29 is 0 Å². The lowest BCUT2D eigenvalue weighted by Crippen LogP contribution is -2.09. The molecule has 0 aliphatic rings. The van der Waals surface area contributed by atoms with Crippen molar-refractivity contribution in [3.8, 4) is 0 Å². The fourth-order valence-corrected chi connectivity index (χ4v) is 2.32. The van der Waals surface area contributed by atoms with E-state index in [0.29, 0.717) is 20.8 Å². The van der Waals surface area contributed by atoms with Gasteiger partial charge in [-0.15, -0.1) is 0 Å². The van der Waals surface area contributed by atoms with Crippen LogP contribution >= 0.6 is 23.4 Å². The lowest BCUT2D eigenvalue weighted by molar-refractivity contribution is 0.945. The zero-order valence-electron chi connectivity index (χ0n) is 8.61. The van der Waals surface area contributed by atoms with E-state index in [1.54, 1.807) is 18.2 Å². The predicted octanol–water partition coefficient (Wildman–Crippen LogP) is 1.74. The van der Waals surface area contributed by atoms with E-state index in [1.807, 2.05) is 0 Å². The van der Waals surface area contributed by atoms with Gasteiger partial charge in [-0.05, 0) is 30.0 Å². The maximum atomic E-state index is 11.2. The van der Waals surface area contributed by atoms with E-state index in [0.717, 1.165) is 0 Å². The number of rotatable bonds is 2. The van der Waals surface area contributed by atoms with Crippen LogP contribution in [0.4, 0.5) is 11.5 Å². The maximum absolute atomic E-state index is 11.2. The monoisotopic (exact) mass is 268 g/mol. The number of aromatic nitrogens is 2. The van der Waals surface area contributed by atoms with E-state index in [1.165, 1.54) is 17.8 Å². The van der Waals surface area contributed by atoms with Gasteiger partial charge >= 0.3 is 0 Å². The first-order valence-electron chi connectivity index (χ1n) is 4.64. The topological polar surface area (TPSA) is 97.8 Å². The van der Waals surface area contributed by atoms with Gasteiger partial charge in [-0.2, -0.15) is 0 Å². The Bertz CT molecular complexity index is 613. The minimum Gasteiger partial charge on any atom is -0.398 e. The van der Waals surface area contributed by atoms with Crippen molar-refractivity contribution in [2.24, 2.45) is 0 Å². The summed E-state index contributed by atoms with van der Waals surface area (Å²) in [6.07, 6.45) is 0. The van der Waals surface area contributed by atoms with Crippen molar-refractivity contribution in [3.63, 3.8) is 0 Å². The molecule has 0 bridgehead atoms. The van der Waals surface area contributed by atoms with Gasteiger partial charge in [0.2, 0.25) is 0 Å². The number of anilines is 2. The molecule has 0 aliphatic heterocycles. The van der Waals surface area contributed by atoms with Crippen LogP contribution in [0.5, 0.6) is 0 Å². The largest absolute Gasteiger partial charge is 0.398 e. The van der Waals surface area contributed by atoms with Crippen LogP contribution in [0.2, 0.25) is 5.02 Å². The number of nitrogens with zero attached hydrogens (tertiary/aromatic N) is 1. The summed E-state index contributed by atoms with van der Waals surface area (Å²) in [5, 5.41) is 0.942. The standard InChI is InChI=1S/C10H9ClN4OS/c11-5-1-2-6(12)7(3-5)17-10-14-8(13)4-9(16)15-10/h1-4H,12H2,(H3,13,14,15,16). The number of nitrogens with one attached hydrogen (secondary N) is 1. The van der Waals surface area contributed by atoms with Crippen molar-refractivity contribution in [1.82, 2.24) is 9.97 Å². The van der Waals surface area contributed by atoms with E-state index < -0.39 is 0 Å². The normalized spacial score (nSPS) is 10.4. The molecule has 17 heavy (non-hydrogen) atoms. The molecule has 7 heteroatoms. The van der Waals surface area contributed by atoms with Crippen molar-refractivity contribution in [2.75, 3.05) is 11.5 Å². The summed E-state index contributed by atoms with van der Waals surface area (Å²) in [6, 6.07) is 6.29. The summed E-state index contributed by atoms with van der Waals surface area (Å²) in [7, 11) is 0. The first-order chi connectivity index (χ1) is 8.04. The zero-order valence-corrected chi connectivity index (χ0v) is 10.2. The first kappa shape index (κ1) is 11.8. The third-order valence-electron chi connectivity index (χ3n) is 1.92. The average molecular weight is 269 g/mol. The second kappa shape index (κ2) is 4.68. The Balaban J connectivity index is 2.37. The van der Waals surface area contributed by atoms with Gasteiger partial charge < -0.3 is 16.5 Å². The molecule has 88 valence electrons. The molecule has 1 aromatic heterocycles. The van der Waals surface area contributed by atoms with Gasteiger partial charge in [0.15, 0.2) is 5.16 Å². The smallest absolute Gasteiger partial charge is 0.253 e. The van der Waals surface area contributed by atoms with Crippen molar-refractivity contribution >= 4 is 34.9 Å². The summed E-state index contributed by atoms with van der Waals surface area (Å²) in [5.41, 5.74) is 11.5. The molecule has 0 aliphatic carbocycles. The van der Waals surface area contributed by atoms with Crippen LogP contribution in [0.3, 0.4) is 0 Å². The third-order valence-corrected chi connectivity index (χ3v) is 3.12. The molecule has 0 amide bonds. The molecule has 0 fully saturated rings. The third kappa shape index (κ3) is 2.92. The number of nitrogens with two attached hydrogens (primary N) is 2. The van der Waals surface area contributed by atoms with E-state index in [2.05, 4.69) is 9.97 Å². The Morgan fingerprint density at radius 3 is 2.76 bits per heavy atom. The van der Waals surface area contributed by atoms with E-state index in [-0.39, 0.29) is 11.4 Å². The number of hydrogen-bond acceptors (Lipinski definition) is 5. The molecule has 0 spiro atoms. The minimum atomic E-state index is -0.305. The lowest BCUT2D eigenvalue weighted by atomic mass is 10.3. The first-order valence-corrected chi connectivity index (χ1v) is 5.84. The Morgan fingerprint density at radius 2 is 2.06 bits per heavy atom. The van der Waals surface area contributed by atoms with Crippen LogP contribution < -0.4 is 17.0 Å². The predicted molar refractivity (Wildman–Crippen MR) is 69.3 cm³/mol. The van der Waals surface area contributed by atoms with Crippen molar-refractivity contribution in [2.45, 2.75) is 10.1 Å². The zero-order chi connectivity index (χ0) is 12.4. The average Bonchev–Trinajstić information content (AvgIpc) is 2.22. The number of H-pyrrole nitrogens is 1. The number of benzene rings is 1. The molecular formula is C10H9ClN4OS. The van der Waals surface area contributed by atoms with Crippen molar-refractivity contribution in [3.05, 3.63) is 39.6 Å². The number of aromatic amines is 1. The Kier molecular flexibility index (Phi) is 3.26. The van der Waals surface area contributed by atoms with Crippen LogP contribution in [-0.2, 0) is 0 Å². The van der Waals surface area contributed by atoms with Gasteiger partial charge in [0, 0.05) is 21.7 Å². The Labute approximate surface area is 106 Å². The fourth-order valence-electron chi connectivity index (χ4n) is 1.20. The molecule has 0 saturated carbocycles. The molecule has 0 atom stereocenters. The summed E-state index contributed by atoms with van der Waals surface area (Å²) >= 11 is 7.06. The highest BCUT2D eigenvalue weighted by molar-refractivity contribution is 7.99. The van der Waals surface area contributed by atoms with Crippen LogP contribution in [0.15, 0.2) is 39.1 Å². The summed E-state index contributed by atoms with van der Waals surface area (Å²) in [6.45, 7) is 0. The minimum absolute atomic E-state index is 0.164. The molecule has 0 unspecified atom stereocenters. The second-order valence-electron chi connectivity index (χ2n) is 3.26. The van der Waals surface area contributed by atoms with E-state index >= 15 is 0 Å². The maximum Gasteiger partial charge on any atom is 0.253 e. The number of hydrogen-bond donors (Lipinski definition) is 3. The SMILES string of the molecule is Nc1cc(=O)[nH]c(Sc2cc(Cl)ccc2N)n1. The molecule has 0 saturated heterocycles. The lowest BCUT2D eigenvalue weighted by Gasteiger charge is -2.05. The van der Waals surface area contributed by atoms with Gasteiger partial charge in [0.1, 0.15) is 5.82 Å². The van der Waals surface area contributed by atoms with Gasteiger partial charge in [-0.25, -0.2) is 4.98 Å². The summed E-state index contributed by atoms with van der Waals surface area (Å²) in [5.74, 6) is 0.164. The summed E-state index contributed by atoms with van der Waals surface area (Å²) in [4.78, 5) is 18.5. The molecule has 1 aromatic carbocycles. The van der Waals surface area contributed by atoms with Crippen LogP contribution in [-0.4, -0.2) is 9.97 Å². The fraction of sp³-hybridized carbons (Fsp3) is 0. The highest BCUT2D eigenvalue weighted by Crippen LogP contribution is 2.31. The van der Waals surface area contributed by atoms with Gasteiger partial charge in [0.25, 0.3) is 5.56 Å². The molecule has 0 radical (unpaired) electrons. The molecule has 2 aromatic rings. The number of halogens is 1. The molecule has 2 rings (SSSR count). The number of nitrogen functional groups attached to an aromatic ring is 2. The van der Waals surface area contributed by atoms with E-state index in [4.69, 9.17) is 23.1 Å². The van der Waals surface area contributed by atoms with Crippen LogP contribution in [0.1, 0.15) is 0 Å². The van der Waals surface area contributed by atoms with Gasteiger partial charge in [-0.3, -0.25) is 4.79 Å². The summed E-state index contributed by atoms with van der Waals surface area (Å²) < 4.78 is 0. The molecule has 5 nitrogen and oxygen atoms in total. The molecular weight excluding hydrogens is 260 g/mol. The quantitative estimate of drug-likeness (QED) is 0.569. The Morgan fingerprint density at radius 1 is 1.29 bits per heavy atom. The van der Waals surface area contributed by atoms with Crippen LogP contribution in [0.25, 0.3) is 0 Å². The highest BCUT2D eigenvalue weighted by Gasteiger charge is 2.06. The second-order valence-corrected chi connectivity index (χ2v) is 4.73. The molecule has 5 N–H and O–H groups in total. The van der Waals surface area contributed by atoms with Gasteiger partial charge in [0.05, 0.1) is 0 Å². The van der Waals surface area contributed by atoms with Gasteiger partial charge in [-0.1, -0.05) is 11.6 Å². The molecule has 1 heterocycles.